The highest BCUT2D eigenvalue weighted by Crippen LogP contribution is 2.24. The Morgan fingerprint density at radius 3 is 1.85 bits per heavy atom. The van der Waals surface area contributed by atoms with E-state index >= 15 is 0 Å². The first kappa shape index (κ1) is 20.0. The molecule has 0 atom stereocenters. The first-order chi connectivity index (χ1) is 12.6. The van der Waals surface area contributed by atoms with Crippen LogP contribution in [0.1, 0.15) is 16.7 Å². The molecule has 8 heteroatoms. The molecule has 0 aromatic heterocycles. The van der Waals surface area contributed by atoms with Gasteiger partial charge < -0.3 is 0 Å². The fraction of sp³-hybridized carbons (Fsp3) is 0.368. The summed E-state index contributed by atoms with van der Waals surface area (Å²) in [4.78, 5) is 0.533. The van der Waals surface area contributed by atoms with Crippen molar-refractivity contribution in [1.29, 1.82) is 0 Å². The minimum Gasteiger partial charge on any atom is -0.207 e. The molecule has 3 rings (SSSR count). The lowest BCUT2D eigenvalue weighted by Crippen LogP contribution is -2.50. The highest BCUT2D eigenvalue weighted by Gasteiger charge is 2.34. The van der Waals surface area contributed by atoms with Gasteiger partial charge in [-0.2, -0.15) is 8.61 Å². The molecule has 2 aromatic rings. The monoisotopic (exact) mass is 408 g/mol. The Bertz CT molecular complexity index is 1050. The normalized spacial score (nSPS) is 17.1. The first-order valence-electron chi connectivity index (χ1n) is 8.76. The van der Waals surface area contributed by atoms with Crippen LogP contribution in [0.5, 0.6) is 0 Å². The van der Waals surface area contributed by atoms with Crippen molar-refractivity contribution in [1.82, 2.24) is 8.61 Å². The van der Waals surface area contributed by atoms with Crippen molar-refractivity contribution in [3.05, 3.63) is 59.2 Å². The highest BCUT2D eigenvalue weighted by atomic mass is 32.2. The first-order valence-corrected chi connectivity index (χ1v) is 11.6. The molecule has 1 aliphatic heterocycles. The smallest absolute Gasteiger partial charge is 0.207 e. The van der Waals surface area contributed by atoms with Gasteiger partial charge in [-0.15, -0.1) is 0 Å². The molecule has 0 radical (unpaired) electrons. The second kappa shape index (κ2) is 7.35. The van der Waals surface area contributed by atoms with Crippen LogP contribution >= 0.6 is 0 Å². The predicted molar refractivity (Wildman–Crippen MR) is 105 cm³/mol. The maximum atomic E-state index is 13.0. The van der Waals surface area contributed by atoms with Crippen LogP contribution in [0.2, 0.25) is 0 Å². The van der Waals surface area contributed by atoms with E-state index < -0.39 is 20.0 Å². The lowest BCUT2D eigenvalue weighted by atomic mass is 10.2. The second-order valence-corrected chi connectivity index (χ2v) is 10.7. The molecule has 0 spiro atoms. The fourth-order valence-corrected chi connectivity index (χ4v) is 6.46. The molecule has 1 aliphatic rings. The highest BCUT2D eigenvalue weighted by molar-refractivity contribution is 7.89. The molecule has 146 valence electrons. The average Bonchev–Trinajstić information content (AvgIpc) is 2.63. The number of hydrogen-bond acceptors (Lipinski definition) is 4. The third-order valence-electron chi connectivity index (χ3n) is 4.79. The summed E-state index contributed by atoms with van der Waals surface area (Å²) in [7, 11) is -7.26. The molecule has 2 aromatic carbocycles. The van der Waals surface area contributed by atoms with Gasteiger partial charge in [0, 0.05) is 26.2 Å². The number of aryl methyl sites for hydroxylation is 3. The van der Waals surface area contributed by atoms with Crippen LogP contribution in [-0.2, 0) is 20.0 Å². The maximum absolute atomic E-state index is 13.0. The number of piperazine rings is 1. The maximum Gasteiger partial charge on any atom is 0.243 e. The van der Waals surface area contributed by atoms with Crippen molar-refractivity contribution in [2.75, 3.05) is 26.2 Å². The minimum absolute atomic E-state index is 0.139. The topological polar surface area (TPSA) is 74.8 Å². The largest absolute Gasteiger partial charge is 0.243 e. The lowest BCUT2D eigenvalue weighted by molar-refractivity contribution is 0.272. The molecule has 1 saturated heterocycles. The van der Waals surface area contributed by atoms with Crippen LogP contribution in [0.4, 0.5) is 0 Å². The molecule has 0 amide bonds. The molecule has 0 saturated carbocycles. The van der Waals surface area contributed by atoms with Gasteiger partial charge in [0.2, 0.25) is 20.0 Å². The van der Waals surface area contributed by atoms with E-state index in [4.69, 9.17) is 0 Å². The van der Waals surface area contributed by atoms with Gasteiger partial charge in [0.25, 0.3) is 0 Å². The predicted octanol–water partition coefficient (Wildman–Crippen LogP) is 2.31. The Labute approximate surface area is 161 Å². The standard InChI is InChI=1S/C19H24N2O4S2/c1-15-5-4-6-18(13-15)26(22,23)20-9-11-21(12-10-20)27(24,25)19-14-16(2)7-8-17(19)3/h4-8,13-14H,9-12H2,1-3H3. The molecule has 0 unspecified atom stereocenters. The van der Waals surface area contributed by atoms with Gasteiger partial charge in [0.05, 0.1) is 9.79 Å². The number of sulfonamides is 2. The van der Waals surface area contributed by atoms with Crippen LogP contribution in [0.3, 0.4) is 0 Å². The van der Waals surface area contributed by atoms with Gasteiger partial charge >= 0.3 is 0 Å². The molecule has 1 fully saturated rings. The summed E-state index contributed by atoms with van der Waals surface area (Å²) in [6, 6.07) is 12.1. The van der Waals surface area contributed by atoms with E-state index in [0.717, 1.165) is 11.1 Å². The minimum atomic E-state index is -3.64. The fourth-order valence-electron chi connectivity index (χ4n) is 3.20. The quantitative estimate of drug-likeness (QED) is 0.778. The molecular formula is C19H24N2O4S2. The summed E-state index contributed by atoms with van der Waals surface area (Å²) in [5.74, 6) is 0. The van der Waals surface area contributed by atoms with E-state index in [9.17, 15) is 16.8 Å². The summed E-state index contributed by atoms with van der Waals surface area (Å²) in [5.41, 5.74) is 2.43. The molecule has 6 nitrogen and oxygen atoms in total. The van der Waals surface area contributed by atoms with Crippen molar-refractivity contribution < 1.29 is 16.8 Å². The van der Waals surface area contributed by atoms with Gasteiger partial charge in [0.1, 0.15) is 0 Å². The van der Waals surface area contributed by atoms with Gasteiger partial charge in [-0.3, -0.25) is 0 Å². The third kappa shape index (κ3) is 3.94. The molecule has 1 heterocycles. The molecule has 0 bridgehead atoms. The van der Waals surface area contributed by atoms with Crippen molar-refractivity contribution in [2.24, 2.45) is 0 Å². The zero-order valence-corrected chi connectivity index (χ0v) is 17.3. The summed E-state index contributed by atoms with van der Waals surface area (Å²) >= 11 is 0. The number of benzene rings is 2. The summed E-state index contributed by atoms with van der Waals surface area (Å²) < 4.78 is 54.4. The number of rotatable bonds is 4. The zero-order chi connectivity index (χ0) is 19.8. The number of hydrogen-bond donors (Lipinski definition) is 0. The van der Waals surface area contributed by atoms with E-state index in [1.54, 1.807) is 37.3 Å². The Balaban J connectivity index is 1.80. The van der Waals surface area contributed by atoms with Crippen LogP contribution in [-0.4, -0.2) is 51.6 Å². The average molecular weight is 409 g/mol. The number of nitrogens with zero attached hydrogens (tertiary/aromatic N) is 2. The summed E-state index contributed by atoms with van der Waals surface area (Å²) in [5, 5.41) is 0. The SMILES string of the molecule is Cc1cccc(S(=O)(=O)N2CCN(S(=O)(=O)c3cc(C)ccc3C)CC2)c1. The van der Waals surface area contributed by atoms with Gasteiger partial charge in [-0.1, -0.05) is 24.3 Å². The van der Waals surface area contributed by atoms with Crippen LogP contribution < -0.4 is 0 Å². The van der Waals surface area contributed by atoms with E-state index in [1.807, 2.05) is 26.0 Å². The van der Waals surface area contributed by atoms with Crippen LogP contribution in [0.15, 0.2) is 52.3 Å². The third-order valence-corrected chi connectivity index (χ3v) is 8.72. The van der Waals surface area contributed by atoms with Crippen LogP contribution in [0.25, 0.3) is 0 Å². The van der Waals surface area contributed by atoms with E-state index in [0.29, 0.717) is 5.56 Å². The van der Waals surface area contributed by atoms with E-state index in [2.05, 4.69) is 0 Å². The lowest BCUT2D eigenvalue weighted by Gasteiger charge is -2.33. The second-order valence-electron chi connectivity index (χ2n) is 6.89. The summed E-state index contributed by atoms with van der Waals surface area (Å²) in [6.07, 6.45) is 0. The Hall–Kier alpha value is -1.74. The van der Waals surface area contributed by atoms with Crippen molar-refractivity contribution >= 4 is 20.0 Å². The molecule has 27 heavy (non-hydrogen) atoms. The van der Waals surface area contributed by atoms with Crippen LogP contribution in [0, 0.1) is 20.8 Å². The van der Waals surface area contributed by atoms with Gasteiger partial charge in [-0.25, -0.2) is 16.8 Å². The van der Waals surface area contributed by atoms with Crippen molar-refractivity contribution in [2.45, 2.75) is 30.6 Å². The summed E-state index contributed by atoms with van der Waals surface area (Å²) in [6.45, 7) is 6.02. The van der Waals surface area contributed by atoms with E-state index in [-0.39, 0.29) is 36.0 Å². The molecule has 0 N–H and O–H groups in total. The Morgan fingerprint density at radius 2 is 1.26 bits per heavy atom. The van der Waals surface area contributed by atoms with Gasteiger partial charge in [0.15, 0.2) is 0 Å². The van der Waals surface area contributed by atoms with E-state index in [1.165, 1.54) is 8.61 Å². The van der Waals surface area contributed by atoms with Crippen molar-refractivity contribution in [3.8, 4) is 0 Å². The van der Waals surface area contributed by atoms with Crippen molar-refractivity contribution in [3.63, 3.8) is 0 Å². The zero-order valence-electron chi connectivity index (χ0n) is 15.7. The van der Waals surface area contributed by atoms with Gasteiger partial charge in [-0.05, 0) is 55.7 Å². The molecular weight excluding hydrogens is 384 g/mol. The Kier molecular flexibility index (Phi) is 5.45. The molecule has 0 aliphatic carbocycles. The Morgan fingerprint density at radius 1 is 0.704 bits per heavy atom.